The fourth-order valence-electron chi connectivity index (χ4n) is 3.78. The zero-order chi connectivity index (χ0) is 13.1. The molecule has 102 valence electrons. The summed E-state index contributed by atoms with van der Waals surface area (Å²) in [6, 6.07) is 8.81. The molecule has 4 rings (SSSR count). The Kier molecular flexibility index (Phi) is 2.33. The largest absolute Gasteiger partial charge is 0.486 e. The molecule has 2 aliphatic carbocycles. The van der Waals surface area contributed by atoms with Gasteiger partial charge in [-0.05, 0) is 56.9 Å². The number of hydrogen-bond acceptors (Lipinski definition) is 2. The summed E-state index contributed by atoms with van der Waals surface area (Å²) in [6.07, 6.45) is 5.78. The normalized spacial score (nSPS) is 29.7. The second-order valence-electron chi connectivity index (χ2n) is 7.19. The highest BCUT2D eigenvalue weighted by Gasteiger charge is 2.54. The molecule has 1 atom stereocenters. The van der Waals surface area contributed by atoms with Crippen LogP contribution in [0.1, 0.15) is 51.1 Å². The lowest BCUT2D eigenvalue weighted by Gasteiger charge is -2.29. The van der Waals surface area contributed by atoms with Crippen LogP contribution in [0, 0.1) is 11.3 Å². The maximum atomic E-state index is 6.11. The molecule has 0 radical (unpaired) electrons. The zero-order valence-electron chi connectivity index (χ0n) is 11.9. The van der Waals surface area contributed by atoms with E-state index < -0.39 is 0 Å². The molecule has 19 heavy (non-hydrogen) atoms. The van der Waals surface area contributed by atoms with Gasteiger partial charge in [-0.25, -0.2) is 0 Å². The number of nitrogens with one attached hydrogen (secondary N) is 1. The number of benzene rings is 1. The highest BCUT2D eigenvalue weighted by Crippen LogP contribution is 2.61. The predicted molar refractivity (Wildman–Crippen MR) is 76.3 cm³/mol. The van der Waals surface area contributed by atoms with Crippen molar-refractivity contribution in [3.63, 3.8) is 0 Å². The van der Waals surface area contributed by atoms with E-state index in [-0.39, 0.29) is 5.60 Å². The number of fused-ring (bicyclic) bond motifs is 1. The fourth-order valence-corrected chi connectivity index (χ4v) is 3.78. The van der Waals surface area contributed by atoms with Gasteiger partial charge in [0.2, 0.25) is 0 Å². The van der Waals surface area contributed by atoms with Crippen molar-refractivity contribution >= 4 is 0 Å². The number of para-hydroxylation sites is 1. The number of rotatable bonds is 4. The van der Waals surface area contributed by atoms with E-state index in [0.29, 0.717) is 11.5 Å². The van der Waals surface area contributed by atoms with Gasteiger partial charge in [-0.15, -0.1) is 0 Å². The molecule has 0 spiro atoms. The molecular formula is C17H23NO. The van der Waals surface area contributed by atoms with Crippen molar-refractivity contribution in [1.82, 2.24) is 5.32 Å². The van der Waals surface area contributed by atoms with Crippen molar-refractivity contribution < 1.29 is 4.74 Å². The van der Waals surface area contributed by atoms with Gasteiger partial charge in [0, 0.05) is 12.1 Å². The SMILES string of the molecule is CC1(C)Oc2ccccc2C1NCC1(C2CC2)CC1. The Hall–Kier alpha value is -1.02. The summed E-state index contributed by atoms with van der Waals surface area (Å²) in [5.74, 6) is 2.07. The van der Waals surface area contributed by atoms with Gasteiger partial charge in [0.25, 0.3) is 0 Å². The molecule has 2 heteroatoms. The number of ether oxygens (including phenoxy) is 1. The first-order valence-corrected chi connectivity index (χ1v) is 7.62. The molecule has 1 aliphatic heterocycles. The molecule has 0 aromatic heterocycles. The van der Waals surface area contributed by atoms with Crippen LogP contribution < -0.4 is 10.1 Å². The van der Waals surface area contributed by atoms with E-state index in [1.165, 1.54) is 37.8 Å². The van der Waals surface area contributed by atoms with Crippen LogP contribution in [0.5, 0.6) is 5.75 Å². The lowest BCUT2D eigenvalue weighted by atomic mass is 9.92. The second kappa shape index (κ2) is 3.76. The minimum atomic E-state index is -0.136. The minimum absolute atomic E-state index is 0.136. The molecule has 3 aliphatic rings. The van der Waals surface area contributed by atoms with Gasteiger partial charge in [0.1, 0.15) is 11.4 Å². The van der Waals surface area contributed by atoms with Crippen LogP contribution in [0.15, 0.2) is 24.3 Å². The molecular weight excluding hydrogens is 234 g/mol. The van der Waals surface area contributed by atoms with E-state index in [1.54, 1.807) is 0 Å². The summed E-state index contributed by atoms with van der Waals surface area (Å²) >= 11 is 0. The first-order valence-electron chi connectivity index (χ1n) is 7.62. The molecule has 0 saturated heterocycles. The predicted octanol–water partition coefficient (Wildman–Crippen LogP) is 3.68. The molecule has 1 N–H and O–H groups in total. The fraction of sp³-hybridized carbons (Fsp3) is 0.647. The van der Waals surface area contributed by atoms with E-state index in [9.17, 15) is 0 Å². The third kappa shape index (κ3) is 1.88. The minimum Gasteiger partial charge on any atom is -0.486 e. The van der Waals surface area contributed by atoms with Gasteiger partial charge in [-0.2, -0.15) is 0 Å². The van der Waals surface area contributed by atoms with Crippen LogP contribution >= 0.6 is 0 Å². The van der Waals surface area contributed by atoms with Crippen molar-refractivity contribution in [2.75, 3.05) is 6.54 Å². The van der Waals surface area contributed by atoms with Gasteiger partial charge in [-0.3, -0.25) is 0 Å². The van der Waals surface area contributed by atoms with Gasteiger partial charge in [0.05, 0.1) is 6.04 Å². The molecule has 1 aromatic carbocycles. The number of hydrogen-bond donors (Lipinski definition) is 1. The Balaban J connectivity index is 1.53. The van der Waals surface area contributed by atoms with Crippen molar-refractivity contribution in [3.8, 4) is 5.75 Å². The molecule has 2 fully saturated rings. The molecule has 0 amide bonds. The van der Waals surface area contributed by atoms with Crippen molar-refractivity contribution in [2.24, 2.45) is 11.3 Å². The van der Waals surface area contributed by atoms with E-state index >= 15 is 0 Å². The molecule has 2 saturated carbocycles. The van der Waals surface area contributed by atoms with Crippen LogP contribution in [0.2, 0.25) is 0 Å². The van der Waals surface area contributed by atoms with Crippen molar-refractivity contribution in [2.45, 2.75) is 51.2 Å². The van der Waals surface area contributed by atoms with Gasteiger partial charge < -0.3 is 10.1 Å². The smallest absolute Gasteiger partial charge is 0.125 e. The zero-order valence-corrected chi connectivity index (χ0v) is 11.9. The standard InChI is InChI=1S/C17H23NO/c1-16(2)15(13-5-3-4-6-14(13)19-16)18-11-17(9-10-17)12-7-8-12/h3-6,12,15,18H,7-11H2,1-2H3. The Morgan fingerprint density at radius 1 is 1.21 bits per heavy atom. The second-order valence-corrected chi connectivity index (χ2v) is 7.19. The van der Waals surface area contributed by atoms with E-state index in [2.05, 4.69) is 43.4 Å². The van der Waals surface area contributed by atoms with Crippen molar-refractivity contribution in [3.05, 3.63) is 29.8 Å². The highest BCUT2D eigenvalue weighted by atomic mass is 16.5. The monoisotopic (exact) mass is 257 g/mol. The van der Waals surface area contributed by atoms with Crippen LogP contribution in [0.25, 0.3) is 0 Å². The van der Waals surface area contributed by atoms with Gasteiger partial charge in [0.15, 0.2) is 0 Å². The maximum Gasteiger partial charge on any atom is 0.125 e. The Morgan fingerprint density at radius 2 is 1.95 bits per heavy atom. The molecule has 1 heterocycles. The quantitative estimate of drug-likeness (QED) is 0.888. The summed E-state index contributed by atoms with van der Waals surface area (Å²) in [5, 5.41) is 3.83. The summed E-state index contributed by atoms with van der Waals surface area (Å²) in [5.41, 5.74) is 1.84. The third-order valence-electron chi connectivity index (χ3n) is 5.29. The molecule has 2 nitrogen and oxygen atoms in total. The van der Waals surface area contributed by atoms with Crippen molar-refractivity contribution in [1.29, 1.82) is 0 Å². The first-order chi connectivity index (χ1) is 9.11. The van der Waals surface area contributed by atoms with E-state index in [4.69, 9.17) is 4.74 Å². The van der Waals surface area contributed by atoms with Gasteiger partial charge >= 0.3 is 0 Å². The van der Waals surface area contributed by atoms with Crippen LogP contribution in [0.3, 0.4) is 0 Å². The topological polar surface area (TPSA) is 21.3 Å². The van der Waals surface area contributed by atoms with E-state index in [1.807, 2.05) is 0 Å². The summed E-state index contributed by atoms with van der Waals surface area (Å²) < 4.78 is 6.11. The molecule has 1 unspecified atom stereocenters. The van der Waals surface area contributed by atoms with Crippen LogP contribution in [-0.4, -0.2) is 12.1 Å². The summed E-state index contributed by atoms with van der Waals surface area (Å²) in [6.45, 7) is 5.56. The van der Waals surface area contributed by atoms with Gasteiger partial charge in [-0.1, -0.05) is 18.2 Å². The lowest BCUT2D eigenvalue weighted by Crippen LogP contribution is -2.41. The Labute approximate surface area is 115 Å². The average molecular weight is 257 g/mol. The Bertz CT molecular complexity index is 500. The third-order valence-corrected chi connectivity index (χ3v) is 5.29. The van der Waals surface area contributed by atoms with Crippen LogP contribution in [-0.2, 0) is 0 Å². The lowest BCUT2D eigenvalue weighted by molar-refractivity contribution is 0.0931. The first kappa shape index (κ1) is 11.8. The van der Waals surface area contributed by atoms with E-state index in [0.717, 1.165) is 11.7 Å². The Morgan fingerprint density at radius 3 is 2.63 bits per heavy atom. The molecule has 1 aromatic rings. The summed E-state index contributed by atoms with van der Waals surface area (Å²) in [4.78, 5) is 0. The molecule has 0 bridgehead atoms. The maximum absolute atomic E-state index is 6.11. The highest BCUT2D eigenvalue weighted by molar-refractivity contribution is 5.42. The average Bonchev–Trinajstić information content (AvgIpc) is 3.23. The summed E-state index contributed by atoms with van der Waals surface area (Å²) in [7, 11) is 0. The van der Waals surface area contributed by atoms with Crippen LogP contribution in [0.4, 0.5) is 0 Å².